The fourth-order valence-electron chi connectivity index (χ4n) is 1.45. The third-order valence-corrected chi connectivity index (χ3v) is 2.25. The zero-order chi connectivity index (χ0) is 10.6. The molecule has 1 N–H and O–H groups in total. The molecule has 1 heterocycles. The highest BCUT2D eigenvalue weighted by Crippen LogP contribution is 2.17. The standard InChI is InChI=1S/C9H16O5/c1-6(10)14-5-8-9(11)7(12-2)3-4-13-8/h7-9,11H,3-5H2,1-2H3/t7-,8?,9?/m1/s1. The van der Waals surface area contributed by atoms with Crippen LogP contribution < -0.4 is 0 Å². The van der Waals surface area contributed by atoms with Gasteiger partial charge in [-0.25, -0.2) is 0 Å². The number of methoxy groups -OCH3 is 1. The SMILES string of the molecule is CO[C@@H]1CCOC(COC(C)=O)C1O. The first-order chi connectivity index (χ1) is 6.65. The molecule has 0 aliphatic carbocycles. The lowest BCUT2D eigenvalue weighted by Gasteiger charge is -2.33. The summed E-state index contributed by atoms with van der Waals surface area (Å²) in [6, 6.07) is 0. The Morgan fingerprint density at radius 3 is 2.93 bits per heavy atom. The van der Waals surface area contributed by atoms with E-state index in [1.165, 1.54) is 6.92 Å². The average Bonchev–Trinajstić information content (AvgIpc) is 2.16. The molecule has 5 heteroatoms. The number of hydrogen-bond donors (Lipinski definition) is 1. The molecular formula is C9H16O5. The van der Waals surface area contributed by atoms with Gasteiger partial charge in [0, 0.05) is 20.6 Å². The molecule has 0 amide bonds. The third-order valence-electron chi connectivity index (χ3n) is 2.25. The molecular weight excluding hydrogens is 188 g/mol. The number of hydrogen-bond acceptors (Lipinski definition) is 5. The van der Waals surface area contributed by atoms with E-state index in [9.17, 15) is 9.90 Å². The molecule has 2 unspecified atom stereocenters. The van der Waals surface area contributed by atoms with Crippen molar-refractivity contribution in [2.75, 3.05) is 20.3 Å². The van der Waals surface area contributed by atoms with Crippen molar-refractivity contribution >= 4 is 5.97 Å². The minimum atomic E-state index is -0.729. The van der Waals surface area contributed by atoms with Crippen LogP contribution in [0.1, 0.15) is 13.3 Å². The Kier molecular flexibility index (Phi) is 4.31. The van der Waals surface area contributed by atoms with Crippen LogP contribution in [-0.2, 0) is 19.0 Å². The summed E-state index contributed by atoms with van der Waals surface area (Å²) in [7, 11) is 1.54. The topological polar surface area (TPSA) is 65.0 Å². The number of aliphatic hydroxyl groups is 1. The van der Waals surface area contributed by atoms with Crippen molar-refractivity contribution in [1.29, 1.82) is 0 Å². The smallest absolute Gasteiger partial charge is 0.302 e. The maximum absolute atomic E-state index is 10.6. The second-order valence-corrected chi connectivity index (χ2v) is 3.27. The Morgan fingerprint density at radius 1 is 1.64 bits per heavy atom. The number of ether oxygens (including phenoxy) is 3. The van der Waals surface area contributed by atoms with Gasteiger partial charge in [-0.05, 0) is 6.42 Å². The van der Waals surface area contributed by atoms with Crippen LogP contribution in [0.5, 0.6) is 0 Å². The molecule has 0 radical (unpaired) electrons. The van der Waals surface area contributed by atoms with Gasteiger partial charge in [-0.1, -0.05) is 0 Å². The molecule has 5 nitrogen and oxygen atoms in total. The molecule has 1 fully saturated rings. The van der Waals surface area contributed by atoms with Gasteiger partial charge in [0.2, 0.25) is 0 Å². The summed E-state index contributed by atoms with van der Waals surface area (Å²) >= 11 is 0. The number of rotatable bonds is 3. The molecule has 0 aromatic heterocycles. The Labute approximate surface area is 82.9 Å². The first kappa shape index (κ1) is 11.4. The van der Waals surface area contributed by atoms with Crippen LogP contribution in [0.2, 0.25) is 0 Å². The zero-order valence-electron chi connectivity index (χ0n) is 8.43. The molecule has 14 heavy (non-hydrogen) atoms. The molecule has 0 spiro atoms. The number of carbonyl (C=O) groups is 1. The van der Waals surface area contributed by atoms with Crippen molar-refractivity contribution < 1.29 is 24.1 Å². The Balaban J connectivity index is 2.39. The second kappa shape index (κ2) is 5.29. The van der Waals surface area contributed by atoms with E-state index >= 15 is 0 Å². The maximum Gasteiger partial charge on any atom is 0.302 e. The first-order valence-corrected chi connectivity index (χ1v) is 4.61. The minimum absolute atomic E-state index is 0.0797. The summed E-state index contributed by atoms with van der Waals surface area (Å²) in [6.45, 7) is 1.92. The highest BCUT2D eigenvalue weighted by Gasteiger charge is 2.33. The van der Waals surface area contributed by atoms with Crippen LogP contribution in [0.3, 0.4) is 0 Å². The predicted octanol–water partition coefficient (Wildman–Crippen LogP) is -0.286. The summed E-state index contributed by atoms with van der Waals surface area (Å²) in [5, 5.41) is 9.70. The summed E-state index contributed by atoms with van der Waals surface area (Å²) < 4.78 is 15.1. The predicted molar refractivity (Wildman–Crippen MR) is 47.8 cm³/mol. The van der Waals surface area contributed by atoms with Crippen molar-refractivity contribution in [2.24, 2.45) is 0 Å². The lowest BCUT2D eigenvalue weighted by atomic mass is 10.0. The van der Waals surface area contributed by atoms with E-state index in [1.54, 1.807) is 7.11 Å². The van der Waals surface area contributed by atoms with Gasteiger partial charge in [-0.2, -0.15) is 0 Å². The van der Waals surface area contributed by atoms with E-state index in [1.807, 2.05) is 0 Å². The summed E-state index contributed by atoms with van der Waals surface area (Å²) in [5.74, 6) is -0.375. The fourth-order valence-corrected chi connectivity index (χ4v) is 1.45. The van der Waals surface area contributed by atoms with E-state index in [0.717, 1.165) is 0 Å². The van der Waals surface area contributed by atoms with Crippen molar-refractivity contribution in [1.82, 2.24) is 0 Å². The number of aliphatic hydroxyl groups excluding tert-OH is 1. The lowest BCUT2D eigenvalue weighted by Crippen LogP contribution is -2.47. The molecule has 0 aromatic carbocycles. The average molecular weight is 204 g/mol. The van der Waals surface area contributed by atoms with E-state index < -0.39 is 12.2 Å². The fraction of sp³-hybridized carbons (Fsp3) is 0.889. The molecule has 1 saturated heterocycles. The summed E-state index contributed by atoms with van der Waals surface area (Å²) in [4.78, 5) is 10.6. The number of carbonyl (C=O) groups excluding carboxylic acids is 1. The number of esters is 1. The van der Waals surface area contributed by atoms with Gasteiger partial charge in [0.15, 0.2) is 0 Å². The van der Waals surface area contributed by atoms with E-state index in [-0.39, 0.29) is 18.7 Å². The Bertz CT molecular complexity index is 194. The molecule has 0 bridgehead atoms. The van der Waals surface area contributed by atoms with Crippen molar-refractivity contribution in [3.8, 4) is 0 Å². The molecule has 1 aliphatic rings. The van der Waals surface area contributed by atoms with Gasteiger partial charge in [-0.15, -0.1) is 0 Å². The van der Waals surface area contributed by atoms with Gasteiger partial charge in [0.1, 0.15) is 18.8 Å². The molecule has 0 saturated carbocycles. The molecule has 1 aliphatic heterocycles. The van der Waals surface area contributed by atoms with Crippen LogP contribution in [0.15, 0.2) is 0 Å². The van der Waals surface area contributed by atoms with Crippen LogP contribution >= 0.6 is 0 Å². The van der Waals surface area contributed by atoms with Gasteiger partial charge < -0.3 is 19.3 Å². The zero-order valence-corrected chi connectivity index (χ0v) is 8.43. The summed E-state index contributed by atoms with van der Waals surface area (Å²) in [6.07, 6.45) is -0.774. The molecule has 0 aromatic rings. The lowest BCUT2D eigenvalue weighted by molar-refractivity contribution is -0.172. The largest absolute Gasteiger partial charge is 0.463 e. The van der Waals surface area contributed by atoms with Crippen molar-refractivity contribution in [3.63, 3.8) is 0 Å². The quantitative estimate of drug-likeness (QED) is 0.640. The monoisotopic (exact) mass is 204 g/mol. The van der Waals surface area contributed by atoms with Crippen LogP contribution in [0.25, 0.3) is 0 Å². The first-order valence-electron chi connectivity index (χ1n) is 4.61. The van der Waals surface area contributed by atoms with Crippen LogP contribution in [0.4, 0.5) is 0 Å². The molecule has 3 atom stereocenters. The second-order valence-electron chi connectivity index (χ2n) is 3.27. The minimum Gasteiger partial charge on any atom is -0.463 e. The van der Waals surface area contributed by atoms with Crippen molar-refractivity contribution in [3.05, 3.63) is 0 Å². The third kappa shape index (κ3) is 2.94. The Morgan fingerprint density at radius 2 is 2.36 bits per heavy atom. The van der Waals surface area contributed by atoms with Gasteiger partial charge in [0.25, 0.3) is 0 Å². The normalized spacial score (nSPS) is 32.6. The van der Waals surface area contributed by atoms with E-state index in [2.05, 4.69) is 0 Å². The van der Waals surface area contributed by atoms with Crippen LogP contribution in [-0.4, -0.2) is 49.7 Å². The molecule has 1 rings (SSSR count). The van der Waals surface area contributed by atoms with Gasteiger partial charge >= 0.3 is 5.97 Å². The molecule has 82 valence electrons. The summed E-state index contributed by atoms with van der Waals surface area (Å²) in [5.41, 5.74) is 0. The van der Waals surface area contributed by atoms with Gasteiger partial charge in [0.05, 0.1) is 6.10 Å². The Hall–Kier alpha value is -0.650. The maximum atomic E-state index is 10.6. The highest BCUT2D eigenvalue weighted by molar-refractivity contribution is 5.65. The van der Waals surface area contributed by atoms with Crippen molar-refractivity contribution in [2.45, 2.75) is 31.7 Å². The highest BCUT2D eigenvalue weighted by atomic mass is 16.6. The van der Waals surface area contributed by atoms with Crippen LogP contribution in [0, 0.1) is 0 Å². The van der Waals surface area contributed by atoms with E-state index in [4.69, 9.17) is 14.2 Å². The van der Waals surface area contributed by atoms with Gasteiger partial charge in [-0.3, -0.25) is 4.79 Å². The van der Waals surface area contributed by atoms with E-state index in [0.29, 0.717) is 13.0 Å².